The Kier molecular flexibility index (Phi) is 7.03. The molecule has 2 saturated heterocycles. The van der Waals surface area contributed by atoms with Gasteiger partial charge in [-0.25, -0.2) is 4.79 Å². The van der Waals surface area contributed by atoms with E-state index in [1.807, 2.05) is 0 Å². The van der Waals surface area contributed by atoms with Crippen LogP contribution in [-0.4, -0.2) is 84.6 Å². The summed E-state index contributed by atoms with van der Waals surface area (Å²) in [5.41, 5.74) is -2.25. The van der Waals surface area contributed by atoms with Crippen LogP contribution in [0.2, 0.25) is 0 Å². The largest absolute Gasteiger partial charge is 0.493 e. The molecule has 1 aromatic carbocycles. The van der Waals surface area contributed by atoms with Crippen LogP contribution in [-0.2, 0) is 40.6 Å². The van der Waals surface area contributed by atoms with Crippen LogP contribution in [0.3, 0.4) is 0 Å². The van der Waals surface area contributed by atoms with Crippen molar-refractivity contribution in [3.8, 4) is 11.5 Å². The van der Waals surface area contributed by atoms with E-state index in [1.165, 1.54) is 25.3 Å². The van der Waals surface area contributed by atoms with E-state index in [4.69, 9.17) is 40.7 Å². The van der Waals surface area contributed by atoms with Crippen molar-refractivity contribution < 1.29 is 48.0 Å². The number of methoxy groups -OCH3 is 2. The van der Waals surface area contributed by atoms with Crippen LogP contribution >= 0.6 is 12.2 Å². The number of aliphatic hydroxyl groups is 1. The summed E-state index contributed by atoms with van der Waals surface area (Å²) in [5.74, 6) is -2.81. The van der Waals surface area contributed by atoms with Crippen molar-refractivity contribution in [1.82, 2.24) is 9.63 Å². The second-order valence-corrected chi connectivity index (χ2v) is 11.2. The number of hydrogen-bond acceptors (Lipinski definition) is 11. The van der Waals surface area contributed by atoms with E-state index in [0.717, 1.165) is 4.73 Å². The van der Waals surface area contributed by atoms with Gasteiger partial charge in [-0.05, 0) is 48.7 Å². The molecule has 2 spiro atoms. The van der Waals surface area contributed by atoms with Crippen molar-refractivity contribution in [2.45, 2.75) is 56.1 Å². The van der Waals surface area contributed by atoms with Crippen molar-refractivity contribution in [3.05, 3.63) is 52.3 Å². The average molecular weight is 601 g/mol. The maximum Gasteiger partial charge on any atom is 0.355 e. The Morgan fingerprint density at radius 2 is 1.83 bits per heavy atom. The number of carbonyl (C=O) groups is 3. The first kappa shape index (κ1) is 28.6. The summed E-state index contributed by atoms with van der Waals surface area (Å²) in [6.45, 7) is 2.25. The van der Waals surface area contributed by atoms with Gasteiger partial charge in [0.05, 0.1) is 39.6 Å². The minimum absolute atomic E-state index is 0.00278. The number of ether oxygens (including phenoxy) is 5. The molecule has 1 N–H and O–H groups in total. The molecular formula is C29H32N2O10S. The fourth-order valence-corrected chi connectivity index (χ4v) is 7.51. The summed E-state index contributed by atoms with van der Waals surface area (Å²) in [6, 6.07) is 7.16. The van der Waals surface area contributed by atoms with E-state index >= 15 is 0 Å². The maximum absolute atomic E-state index is 14.2. The number of rotatable bonds is 6. The topological polar surface area (TPSA) is 135 Å². The van der Waals surface area contributed by atoms with Crippen LogP contribution in [0.5, 0.6) is 11.5 Å². The van der Waals surface area contributed by atoms with Gasteiger partial charge >= 0.3 is 11.9 Å². The lowest BCUT2D eigenvalue weighted by atomic mass is 9.54. The summed E-state index contributed by atoms with van der Waals surface area (Å²) < 4.78 is 30.2. The van der Waals surface area contributed by atoms with E-state index < -0.39 is 46.7 Å². The highest BCUT2D eigenvalue weighted by atomic mass is 32.1. The van der Waals surface area contributed by atoms with Crippen molar-refractivity contribution in [1.29, 1.82) is 0 Å². The zero-order chi connectivity index (χ0) is 29.9. The minimum atomic E-state index is -1.89. The molecule has 13 heteroatoms. The smallest absolute Gasteiger partial charge is 0.355 e. The number of benzene rings is 1. The Bertz CT molecular complexity index is 1500. The standard InChI is InChI=1S/C29H32N2O10S/c1-4-38-26(35)28-16-27(39-11-12-40-27)8-9-29(28)18-15-21(37-3)20(36-2)14-17(18)13-19(31(29)24(33)23(28)32)25(34)41-30-10-6-5-7-22(30)42/h5-7,10,14-15,19,23,32H,4,8-9,11-13,16H2,1-3H3/t19-,23-,28+,29-/m0/s1. The summed E-state index contributed by atoms with van der Waals surface area (Å²) in [6.07, 6.45) is -0.123. The number of amides is 1. The fraction of sp³-hybridized carbons (Fsp3) is 0.517. The monoisotopic (exact) mass is 600 g/mol. The van der Waals surface area contributed by atoms with Crippen LogP contribution < -0.4 is 14.3 Å². The number of aromatic nitrogens is 1. The van der Waals surface area contributed by atoms with Gasteiger partial charge in [0.2, 0.25) is 0 Å². The SMILES string of the molecule is CCOC(=O)[C@]12CC3(CC[C@]14c1cc(OC)c(OC)cc1C[C@@H](C(=O)On1ccccc1=S)N4C(=O)[C@@H]2O)OCCO3. The molecule has 0 unspecified atom stereocenters. The van der Waals surface area contributed by atoms with Gasteiger partial charge in [-0.15, -0.1) is 0 Å². The van der Waals surface area contributed by atoms with E-state index in [1.54, 1.807) is 37.3 Å². The zero-order valence-electron chi connectivity index (χ0n) is 23.5. The predicted molar refractivity (Wildman–Crippen MR) is 146 cm³/mol. The molecule has 1 aromatic heterocycles. The third-order valence-corrected chi connectivity index (χ3v) is 9.30. The number of pyridine rings is 1. The Hall–Kier alpha value is -3.52. The first-order valence-corrected chi connectivity index (χ1v) is 14.2. The second kappa shape index (κ2) is 10.3. The van der Waals surface area contributed by atoms with Crippen LogP contribution in [0.4, 0.5) is 0 Å². The van der Waals surface area contributed by atoms with Crippen molar-refractivity contribution >= 4 is 30.1 Å². The highest BCUT2D eigenvalue weighted by molar-refractivity contribution is 7.71. The molecule has 1 saturated carbocycles. The highest BCUT2D eigenvalue weighted by Crippen LogP contribution is 2.67. The highest BCUT2D eigenvalue weighted by Gasteiger charge is 2.79. The molecule has 3 fully saturated rings. The lowest BCUT2D eigenvalue weighted by molar-refractivity contribution is -0.244. The number of hydrogen-bond donors (Lipinski definition) is 1. The van der Waals surface area contributed by atoms with Crippen molar-refractivity contribution in [3.63, 3.8) is 0 Å². The van der Waals surface area contributed by atoms with Gasteiger partial charge in [0.15, 0.2) is 23.4 Å². The quantitative estimate of drug-likeness (QED) is 0.383. The van der Waals surface area contributed by atoms with E-state index in [9.17, 15) is 19.5 Å². The molecule has 1 amide bonds. The molecule has 1 aliphatic carbocycles. The molecule has 2 aromatic rings. The third-order valence-electron chi connectivity index (χ3n) is 8.99. The second-order valence-electron chi connectivity index (χ2n) is 10.8. The first-order chi connectivity index (χ1) is 20.2. The molecule has 4 aliphatic rings. The van der Waals surface area contributed by atoms with E-state index in [0.29, 0.717) is 35.8 Å². The normalized spacial score (nSPS) is 29.0. The average Bonchev–Trinajstić information content (AvgIpc) is 3.52. The Labute approximate surface area is 246 Å². The fourth-order valence-electron chi connectivity index (χ4n) is 7.33. The third kappa shape index (κ3) is 3.83. The molecule has 0 bridgehead atoms. The van der Waals surface area contributed by atoms with E-state index in [2.05, 4.69) is 0 Å². The molecule has 224 valence electrons. The van der Waals surface area contributed by atoms with Crippen molar-refractivity contribution in [2.24, 2.45) is 5.41 Å². The van der Waals surface area contributed by atoms with Gasteiger partial charge in [0.25, 0.3) is 5.91 Å². The molecule has 42 heavy (non-hydrogen) atoms. The van der Waals surface area contributed by atoms with Gasteiger partial charge in [0.1, 0.15) is 16.1 Å². The van der Waals surface area contributed by atoms with Gasteiger partial charge in [0, 0.05) is 25.5 Å². The predicted octanol–water partition coefficient (Wildman–Crippen LogP) is 1.69. The zero-order valence-corrected chi connectivity index (χ0v) is 24.3. The minimum Gasteiger partial charge on any atom is -0.493 e. The number of esters is 1. The molecule has 0 radical (unpaired) electrons. The molecule has 4 heterocycles. The van der Waals surface area contributed by atoms with Gasteiger partial charge in [-0.1, -0.05) is 18.3 Å². The van der Waals surface area contributed by atoms with Crippen LogP contribution in [0.25, 0.3) is 0 Å². The molecule has 6 rings (SSSR count). The van der Waals surface area contributed by atoms with Crippen LogP contribution in [0.15, 0.2) is 36.5 Å². The van der Waals surface area contributed by atoms with Gasteiger partial charge in [-0.2, -0.15) is 4.73 Å². The first-order valence-electron chi connectivity index (χ1n) is 13.8. The number of nitrogens with zero attached hydrogens (tertiary/aromatic N) is 2. The maximum atomic E-state index is 14.2. The summed E-state index contributed by atoms with van der Waals surface area (Å²) in [7, 11) is 2.97. The lowest BCUT2D eigenvalue weighted by Crippen LogP contribution is -2.68. The number of aliphatic hydroxyl groups excluding tert-OH is 1. The lowest BCUT2D eigenvalue weighted by Gasteiger charge is -2.58. The Morgan fingerprint density at radius 3 is 2.50 bits per heavy atom. The Balaban J connectivity index is 1.60. The number of carbonyl (C=O) groups excluding carboxylic acids is 3. The molecule has 3 aliphatic heterocycles. The number of fused-ring (bicyclic) bond motifs is 1. The molecular weight excluding hydrogens is 568 g/mol. The molecule has 4 atom stereocenters. The van der Waals surface area contributed by atoms with Crippen LogP contribution in [0.1, 0.15) is 37.3 Å². The van der Waals surface area contributed by atoms with Crippen LogP contribution in [0, 0.1) is 10.1 Å². The van der Waals surface area contributed by atoms with Crippen molar-refractivity contribution in [2.75, 3.05) is 34.0 Å². The van der Waals surface area contributed by atoms with E-state index in [-0.39, 0.29) is 36.9 Å². The Morgan fingerprint density at radius 1 is 1.12 bits per heavy atom. The van der Waals surface area contributed by atoms with Gasteiger partial charge < -0.3 is 38.5 Å². The summed E-state index contributed by atoms with van der Waals surface area (Å²) in [4.78, 5) is 49.4. The molecule has 12 nitrogen and oxygen atoms in total. The summed E-state index contributed by atoms with van der Waals surface area (Å²) >= 11 is 5.31. The van der Waals surface area contributed by atoms with Gasteiger partial charge in [-0.3, -0.25) is 9.59 Å². The summed E-state index contributed by atoms with van der Waals surface area (Å²) in [5, 5.41) is 11.9.